The zero-order valence-corrected chi connectivity index (χ0v) is 20.5. The lowest BCUT2D eigenvalue weighted by molar-refractivity contribution is -0.122. The van der Waals surface area contributed by atoms with Gasteiger partial charge in [-0.3, -0.25) is 9.59 Å². The first-order valence-corrected chi connectivity index (χ1v) is 9.28. The lowest BCUT2D eigenvalue weighted by atomic mass is 10.1. The first-order valence-electron chi connectivity index (χ1n) is 9.28. The van der Waals surface area contributed by atoms with Crippen LogP contribution < -0.4 is 11.9 Å². The predicted octanol–water partition coefficient (Wildman–Crippen LogP) is 4.77. The summed E-state index contributed by atoms with van der Waals surface area (Å²) in [6, 6.07) is 8.59. The topological polar surface area (TPSA) is 130 Å². The molecule has 7 nitrogen and oxygen atoms in total. The number of rotatable bonds is 2. The first-order chi connectivity index (χ1) is 14.2. The molecule has 5 N–H and O–H groups in total. The lowest BCUT2D eigenvalue weighted by Gasteiger charge is -2.11. The Morgan fingerprint density at radius 3 is 1.50 bits per heavy atom. The maximum Gasteiger partial charge on any atom is 0.182 e. The number of nitrogen functional groups attached to an aromatic ring is 1. The largest absolute Gasteiger partial charge is 0.398 e. The van der Waals surface area contributed by atoms with Gasteiger partial charge in [0, 0.05) is 18.1 Å². The van der Waals surface area contributed by atoms with Crippen molar-refractivity contribution in [2.45, 2.75) is 41.5 Å². The Bertz CT molecular complexity index is 906. The maximum absolute atomic E-state index is 8.81. The highest BCUT2D eigenvalue weighted by atomic mass is 35.5. The van der Waals surface area contributed by atoms with Crippen LogP contribution in [0.1, 0.15) is 33.4 Å². The fourth-order valence-corrected chi connectivity index (χ4v) is 3.16. The number of imidazole rings is 1. The van der Waals surface area contributed by atoms with E-state index in [1.807, 2.05) is 33.2 Å². The van der Waals surface area contributed by atoms with Gasteiger partial charge in [-0.15, -0.1) is 12.4 Å². The summed E-state index contributed by atoms with van der Waals surface area (Å²) in [6.07, 6.45) is 6.01. The molecule has 0 radical (unpaired) electrons. The molecular weight excluding hydrogens is 428 g/mol. The van der Waals surface area contributed by atoms with Crippen molar-refractivity contribution in [2.75, 3.05) is 5.73 Å². The Morgan fingerprint density at radius 1 is 0.812 bits per heavy atom. The smallest absolute Gasteiger partial charge is 0.182 e. The minimum atomic E-state index is 0. The monoisotopic (exact) mass is 462 g/mol. The fourth-order valence-electron chi connectivity index (χ4n) is 3.16. The van der Waals surface area contributed by atoms with Crippen molar-refractivity contribution < 1.29 is 14.4 Å². The quantitative estimate of drug-likeness (QED) is 0.320. The third-order valence-corrected chi connectivity index (χ3v) is 4.19. The fraction of sp³-hybridized carbons (Fsp3) is 0.250. The third-order valence-electron chi connectivity index (χ3n) is 4.19. The molecule has 2 aromatic carbocycles. The Balaban J connectivity index is -0.000000414. The number of hydrogen-bond donors (Lipinski definition) is 2. The van der Waals surface area contributed by atoms with E-state index >= 15 is 0 Å². The highest BCUT2D eigenvalue weighted by Crippen LogP contribution is 2.20. The van der Waals surface area contributed by atoms with Gasteiger partial charge in [0.25, 0.3) is 0 Å². The van der Waals surface area contributed by atoms with Crippen LogP contribution >= 0.6 is 12.4 Å². The minimum absolute atomic E-state index is 0. The van der Waals surface area contributed by atoms with Crippen molar-refractivity contribution in [3.63, 3.8) is 0 Å². The molecule has 1 aromatic heterocycles. The summed E-state index contributed by atoms with van der Waals surface area (Å²) in [4.78, 5) is 29.7. The molecule has 0 unspecified atom stereocenters. The predicted molar refractivity (Wildman–Crippen MR) is 134 cm³/mol. The van der Waals surface area contributed by atoms with Crippen LogP contribution in [0.4, 0.5) is 5.69 Å². The van der Waals surface area contributed by atoms with E-state index in [0.717, 1.165) is 5.69 Å². The summed E-state index contributed by atoms with van der Waals surface area (Å²) in [5, 5.41) is 0. The van der Waals surface area contributed by atoms with Crippen LogP contribution in [0.25, 0.3) is 5.69 Å². The van der Waals surface area contributed by atoms with Crippen molar-refractivity contribution in [2.24, 2.45) is 0 Å². The molecule has 0 saturated heterocycles. The number of anilines is 1. The molecule has 0 saturated carbocycles. The standard InChI is InChI=1S/C12H14N2.C9H13N.C2H2O2.CH2O.ClH.H3N/c1-9-6-10(2)12(11(3)7-9)14-5-4-13-8-14;1-6-4-7(2)9(10)8(3)5-6;3-1-2-4;1-2;;/h4-8H,1-3H3;4-5H,10H2,1-3H3;1-2H;1H2;1H;1H3. The van der Waals surface area contributed by atoms with E-state index < -0.39 is 0 Å². The summed E-state index contributed by atoms with van der Waals surface area (Å²) in [7, 11) is 0. The molecule has 8 heteroatoms. The molecule has 0 aliphatic carbocycles. The average Bonchev–Trinajstić information content (AvgIpc) is 3.22. The summed E-state index contributed by atoms with van der Waals surface area (Å²) >= 11 is 0. The van der Waals surface area contributed by atoms with Crippen LogP contribution in [-0.2, 0) is 14.4 Å². The van der Waals surface area contributed by atoms with E-state index in [9.17, 15) is 0 Å². The second-order valence-electron chi connectivity index (χ2n) is 6.80. The summed E-state index contributed by atoms with van der Waals surface area (Å²) < 4.78 is 2.06. The number of aromatic nitrogens is 2. The van der Waals surface area contributed by atoms with Crippen LogP contribution in [0.5, 0.6) is 0 Å². The van der Waals surface area contributed by atoms with Crippen LogP contribution in [0, 0.1) is 41.5 Å². The second-order valence-corrected chi connectivity index (χ2v) is 6.80. The minimum Gasteiger partial charge on any atom is -0.398 e. The normalized spacial score (nSPS) is 8.44. The zero-order chi connectivity index (χ0) is 23.3. The number of benzene rings is 2. The number of halogens is 1. The Kier molecular flexibility index (Phi) is 18.1. The van der Waals surface area contributed by atoms with Crippen LogP contribution in [0.3, 0.4) is 0 Å². The molecular formula is C24H35ClN4O3. The Hall–Kier alpha value is -3.29. The van der Waals surface area contributed by atoms with Gasteiger partial charge in [-0.25, -0.2) is 4.98 Å². The van der Waals surface area contributed by atoms with E-state index in [2.05, 4.69) is 61.5 Å². The molecule has 1 heterocycles. The van der Waals surface area contributed by atoms with Gasteiger partial charge in [0.1, 0.15) is 6.79 Å². The van der Waals surface area contributed by atoms with Gasteiger partial charge in [0.2, 0.25) is 0 Å². The van der Waals surface area contributed by atoms with E-state index in [4.69, 9.17) is 20.1 Å². The second kappa shape index (κ2) is 17.4. The van der Waals surface area contributed by atoms with Crippen molar-refractivity contribution in [1.82, 2.24) is 15.7 Å². The van der Waals surface area contributed by atoms with E-state index in [1.165, 1.54) is 39.1 Å². The number of aryl methyl sites for hydroxylation is 6. The molecule has 3 rings (SSSR count). The molecule has 176 valence electrons. The van der Waals surface area contributed by atoms with Crippen molar-refractivity contribution in [3.8, 4) is 5.69 Å². The Morgan fingerprint density at radius 2 is 1.19 bits per heavy atom. The molecule has 32 heavy (non-hydrogen) atoms. The highest BCUT2D eigenvalue weighted by molar-refractivity contribution is 6.09. The lowest BCUT2D eigenvalue weighted by Crippen LogP contribution is -1.98. The van der Waals surface area contributed by atoms with E-state index in [1.54, 1.807) is 6.20 Å². The molecule has 0 bridgehead atoms. The van der Waals surface area contributed by atoms with Gasteiger partial charge in [-0.2, -0.15) is 0 Å². The van der Waals surface area contributed by atoms with Gasteiger partial charge in [-0.05, 0) is 63.8 Å². The number of carbonyl (C=O) groups is 3. The molecule has 3 aromatic rings. The number of carbonyl (C=O) groups excluding carboxylic acids is 3. The van der Waals surface area contributed by atoms with Crippen LogP contribution in [-0.4, -0.2) is 28.9 Å². The molecule has 0 atom stereocenters. The molecule has 0 aliphatic rings. The summed E-state index contributed by atoms with van der Waals surface area (Å²) in [5.41, 5.74) is 15.4. The Labute approximate surface area is 197 Å². The molecule has 0 fully saturated rings. The molecule has 0 aliphatic heterocycles. The van der Waals surface area contributed by atoms with E-state index in [0.29, 0.717) is 0 Å². The van der Waals surface area contributed by atoms with Crippen molar-refractivity contribution >= 4 is 37.5 Å². The molecule has 0 spiro atoms. The number of nitrogens with zero attached hydrogens (tertiary/aromatic N) is 2. The van der Waals surface area contributed by atoms with Crippen LogP contribution in [0.15, 0.2) is 43.0 Å². The maximum atomic E-state index is 8.81. The number of hydrogen-bond acceptors (Lipinski definition) is 6. The van der Waals surface area contributed by atoms with E-state index in [-0.39, 0.29) is 31.1 Å². The first kappa shape index (κ1) is 33.4. The van der Waals surface area contributed by atoms with Crippen LogP contribution in [0.2, 0.25) is 0 Å². The highest BCUT2D eigenvalue weighted by Gasteiger charge is 2.04. The van der Waals surface area contributed by atoms with Gasteiger partial charge in [0.15, 0.2) is 12.6 Å². The van der Waals surface area contributed by atoms with Gasteiger partial charge < -0.3 is 21.2 Å². The number of aldehydes is 2. The van der Waals surface area contributed by atoms with Gasteiger partial charge >= 0.3 is 0 Å². The average molecular weight is 463 g/mol. The summed E-state index contributed by atoms with van der Waals surface area (Å²) in [5.74, 6) is 0. The number of nitrogens with two attached hydrogens (primary N) is 1. The molecule has 0 amide bonds. The van der Waals surface area contributed by atoms with Crippen molar-refractivity contribution in [3.05, 3.63) is 76.4 Å². The third kappa shape index (κ3) is 10.7. The van der Waals surface area contributed by atoms with Gasteiger partial charge in [0.05, 0.1) is 12.0 Å². The zero-order valence-electron chi connectivity index (χ0n) is 19.7. The summed E-state index contributed by atoms with van der Waals surface area (Å²) in [6.45, 7) is 14.5. The SMILES string of the molecule is C=O.Cc1cc(C)c(-n2ccnc2)c(C)c1.Cc1cc(C)c(N)c(C)c1.Cl.N.O=CC=O. The van der Waals surface area contributed by atoms with Crippen molar-refractivity contribution in [1.29, 1.82) is 0 Å². The van der Waals surface area contributed by atoms with Gasteiger partial charge in [-0.1, -0.05) is 35.4 Å².